The van der Waals surface area contributed by atoms with Gasteiger partial charge in [0.1, 0.15) is 6.04 Å². The first-order valence-electron chi connectivity index (χ1n) is 9.16. The summed E-state index contributed by atoms with van der Waals surface area (Å²) in [4.78, 5) is 12.3. The van der Waals surface area contributed by atoms with Crippen molar-refractivity contribution in [2.24, 2.45) is 11.7 Å². The minimum atomic E-state index is -0.564. The molecule has 1 aliphatic rings. The van der Waals surface area contributed by atoms with E-state index in [4.69, 9.17) is 11.0 Å². The Morgan fingerprint density at radius 2 is 1.70 bits per heavy atom. The lowest BCUT2D eigenvalue weighted by atomic mass is 9.99. The Morgan fingerprint density at radius 1 is 1.07 bits per heavy atom. The van der Waals surface area contributed by atoms with E-state index in [2.05, 4.69) is 17.5 Å². The number of rotatable bonds is 5. The Kier molecular flexibility index (Phi) is 5.86. The smallest absolute Gasteiger partial charge is 0.225 e. The van der Waals surface area contributed by atoms with Gasteiger partial charge in [-0.1, -0.05) is 42.8 Å². The normalized spacial score (nSPS) is 19.7. The van der Waals surface area contributed by atoms with Crippen LogP contribution in [0.3, 0.4) is 0 Å². The van der Waals surface area contributed by atoms with Crippen LogP contribution in [-0.2, 0) is 11.2 Å². The molecule has 2 aromatic carbocycles. The highest BCUT2D eigenvalue weighted by atomic mass is 16.2. The molecule has 3 N–H and O–H groups in total. The number of hydrogen-bond donors (Lipinski definition) is 2. The number of nitrogens with zero attached hydrogens (tertiary/aromatic N) is 2. The Morgan fingerprint density at radius 3 is 2.22 bits per heavy atom. The Bertz CT molecular complexity index is 875. The van der Waals surface area contributed by atoms with Crippen molar-refractivity contribution in [1.29, 1.82) is 10.5 Å². The van der Waals surface area contributed by atoms with Crippen LogP contribution in [0.4, 0.5) is 0 Å². The summed E-state index contributed by atoms with van der Waals surface area (Å²) >= 11 is 0. The second kappa shape index (κ2) is 8.49. The molecule has 3 rings (SSSR count). The van der Waals surface area contributed by atoms with E-state index in [1.165, 1.54) is 0 Å². The van der Waals surface area contributed by atoms with Crippen LogP contribution in [0, 0.1) is 28.6 Å². The van der Waals surface area contributed by atoms with Crippen molar-refractivity contribution in [3.8, 4) is 23.3 Å². The summed E-state index contributed by atoms with van der Waals surface area (Å²) < 4.78 is 0. The van der Waals surface area contributed by atoms with Gasteiger partial charge < -0.3 is 11.1 Å². The zero-order valence-electron chi connectivity index (χ0n) is 15.1. The summed E-state index contributed by atoms with van der Waals surface area (Å²) in [5, 5.41) is 21.1. The maximum Gasteiger partial charge on any atom is 0.225 e. The van der Waals surface area contributed by atoms with Crippen molar-refractivity contribution in [1.82, 2.24) is 5.32 Å². The average Bonchev–Trinajstić information content (AvgIpc) is 3.14. The van der Waals surface area contributed by atoms with E-state index in [0.29, 0.717) is 12.0 Å². The third-order valence-corrected chi connectivity index (χ3v) is 5.12. The van der Waals surface area contributed by atoms with Crippen LogP contribution in [0.5, 0.6) is 0 Å². The Balaban J connectivity index is 1.63. The Hall–Kier alpha value is -3.15. The van der Waals surface area contributed by atoms with Crippen molar-refractivity contribution in [3.05, 3.63) is 59.7 Å². The van der Waals surface area contributed by atoms with E-state index in [-0.39, 0.29) is 17.9 Å². The van der Waals surface area contributed by atoms with Gasteiger partial charge in [0.2, 0.25) is 5.91 Å². The fourth-order valence-electron chi connectivity index (χ4n) is 3.53. The van der Waals surface area contributed by atoms with E-state index in [0.717, 1.165) is 36.0 Å². The van der Waals surface area contributed by atoms with Gasteiger partial charge in [0, 0.05) is 12.5 Å². The number of hydrogen-bond acceptors (Lipinski definition) is 4. The van der Waals surface area contributed by atoms with Gasteiger partial charge in [-0.25, -0.2) is 0 Å². The predicted molar refractivity (Wildman–Crippen MR) is 103 cm³/mol. The summed E-state index contributed by atoms with van der Waals surface area (Å²) in [6.45, 7) is 0. The van der Waals surface area contributed by atoms with Gasteiger partial charge >= 0.3 is 0 Å². The van der Waals surface area contributed by atoms with Gasteiger partial charge in [-0.3, -0.25) is 4.79 Å². The van der Waals surface area contributed by atoms with Crippen LogP contribution >= 0.6 is 0 Å². The van der Waals surface area contributed by atoms with Gasteiger partial charge in [0.15, 0.2) is 0 Å². The molecular formula is C22H22N4O. The lowest BCUT2D eigenvalue weighted by Gasteiger charge is -2.18. The first-order chi connectivity index (χ1) is 13.1. The van der Waals surface area contributed by atoms with E-state index in [1.54, 1.807) is 12.1 Å². The topological polar surface area (TPSA) is 103 Å². The summed E-state index contributed by atoms with van der Waals surface area (Å²) in [7, 11) is 0. The zero-order chi connectivity index (χ0) is 19.2. The molecule has 0 saturated heterocycles. The van der Waals surface area contributed by atoms with Crippen molar-refractivity contribution in [2.45, 2.75) is 37.8 Å². The van der Waals surface area contributed by atoms with Crippen molar-refractivity contribution < 1.29 is 4.79 Å². The maximum absolute atomic E-state index is 12.3. The second-order valence-electron chi connectivity index (χ2n) is 6.98. The highest BCUT2D eigenvalue weighted by molar-refractivity contribution is 5.80. The molecule has 0 aliphatic heterocycles. The monoisotopic (exact) mass is 358 g/mol. The lowest BCUT2D eigenvalue weighted by Crippen LogP contribution is -2.43. The molecule has 1 saturated carbocycles. The summed E-state index contributed by atoms with van der Waals surface area (Å²) in [6, 6.07) is 18.9. The molecule has 0 aromatic heterocycles. The standard InChI is InChI=1S/C22H22N4O/c23-13-16-6-10-18(11-7-16)17-8-4-15(5-9-17)12-19(14-24)26-22(27)20-2-1-3-21(20)25/h4-11,19-21H,1-3,12,25H2,(H,26,27)/t19-,20+,21-/m0/s1. The molecule has 1 fully saturated rings. The lowest BCUT2D eigenvalue weighted by molar-refractivity contribution is -0.125. The summed E-state index contributed by atoms with van der Waals surface area (Å²) in [6.07, 6.45) is 3.09. The number of benzene rings is 2. The van der Waals surface area contributed by atoms with Crippen LogP contribution < -0.4 is 11.1 Å². The molecule has 5 nitrogen and oxygen atoms in total. The van der Waals surface area contributed by atoms with Crippen molar-refractivity contribution in [3.63, 3.8) is 0 Å². The van der Waals surface area contributed by atoms with Gasteiger partial charge in [-0.05, 0) is 41.7 Å². The molecule has 0 heterocycles. The molecule has 0 radical (unpaired) electrons. The quantitative estimate of drug-likeness (QED) is 0.857. The largest absolute Gasteiger partial charge is 0.340 e. The SMILES string of the molecule is N#Cc1ccc(-c2ccc(C[C@@H](C#N)NC(=O)[C@@H]3CCC[C@@H]3N)cc2)cc1. The molecule has 0 unspecified atom stereocenters. The second-order valence-corrected chi connectivity index (χ2v) is 6.98. The maximum atomic E-state index is 12.3. The molecule has 27 heavy (non-hydrogen) atoms. The molecule has 5 heteroatoms. The van der Waals surface area contributed by atoms with Crippen LogP contribution in [-0.4, -0.2) is 18.0 Å². The third kappa shape index (κ3) is 4.53. The van der Waals surface area contributed by atoms with Crippen LogP contribution in [0.2, 0.25) is 0 Å². The molecule has 0 spiro atoms. The minimum Gasteiger partial charge on any atom is -0.340 e. The number of carbonyl (C=O) groups is 1. The van der Waals surface area contributed by atoms with Gasteiger partial charge in [-0.2, -0.15) is 10.5 Å². The fraction of sp³-hybridized carbons (Fsp3) is 0.318. The number of carbonyl (C=O) groups excluding carboxylic acids is 1. The van der Waals surface area contributed by atoms with E-state index in [1.807, 2.05) is 36.4 Å². The first-order valence-corrected chi connectivity index (χ1v) is 9.16. The molecule has 136 valence electrons. The number of nitriles is 2. The van der Waals surface area contributed by atoms with Crippen LogP contribution in [0.1, 0.15) is 30.4 Å². The van der Waals surface area contributed by atoms with Crippen molar-refractivity contribution >= 4 is 5.91 Å². The van der Waals surface area contributed by atoms with E-state index in [9.17, 15) is 10.1 Å². The van der Waals surface area contributed by atoms with E-state index >= 15 is 0 Å². The van der Waals surface area contributed by atoms with Gasteiger partial charge in [-0.15, -0.1) is 0 Å². The third-order valence-electron chi connectivity index (χ3n) is 5.12. The number of nitrogens with one attached hydrogen (secondary N) is 1. The van der Waals surface area contributed by atoms with Crippen LogP contribution in [0.25, 0.3) is 11.1 Å². The molecular weight excluding hydrogens is 336 g/mol. The number of nitrogens with two attached hydrogens (primary N) is 1. The molecule has 0 bridgehead atoms. The zero-order valence-corrected chi connectivity index (χ0v) is 15.1. The molecule has 1 amide bonds. The average molecular weight is 358 g/mol. The predicted octanol–water partition coefficient (Wildman–Crippen LogP) is 2.90. The summed E-state index contributed by atoms with van der Waals surface area (Å²) in [5.74, 6) is -0.291. The molecule has 2 aromatic rings. The molecule has 1 aliphatic carbocycles. The van der Waals surface area contributed by atoms with Gasteiger partial charge in [0.05, 0.1) is 23.6 Å². The Labute approximate surface area is 159 Å². The highest BCUT2D eigenvalue weighted by Gasteiger charge is 2.31. The highest BCUT2D eigenvalue weighted by Crippen LogP contribution is 2.24. The van der Waals surface area contributed by atoms with E-state index < -0.39 is 6.04 Å². The molecule has 3 atom stereocenters. The van der Waals surface area contributed by atoms with Gasteiger partial charge in [0.25, 0.3) is 0 Å². The van der Waals surface area contributed by atoms with Crippen molar-refractivity contribution in [2.75, 3.05) is 0 Å². The van der Waals surface area contributed by atoms with Crippen LogP contribution in [0.15, 0.2) is 48.5 Å². The summed E-state index contributed by atoms with van der Waals surface area (Å²) in [5.41, 5.74) is 9.66. The first kappa shape index (κ1) is 18.6. The minimum absolute atomic E-state index is 0.101. The number of amides is 1. The fourth-order valence-corrected chi connectivity index (χ4v) is 3.53.